The molecule has 118 valence electrons. The summed E-state index contributed by atoms with van der Waals surface area (Å²) in [6.07, 6.45) is 1.17. The fourth-order valence-electron chi connectivity index (χ4n) is 2.64. The van der Waals surface area contributed by atoms with Crippen LogP contribution in [-0.2, 0) is 4.79 Å². The number of hydrogen-bond acceptors (Lipinski definition) is 3. The Balaban J connectivity index is 0.00000220. The lowest BCUT2D eigenvalue weighted by Crippen LogP contribution is -2.32. The van der Waals surface area contributed by atoms with Gasteiger partial charge in [-0.2, -0.15) is 0 Å². The van der Waals surface area contributed by atoms with Crippen LogP contribution in [0.2, 0.25) is 0 Å². The highest BCUT2D eigenvalue weighted by atomic mass is 79.9. The third-order valence-electron chi connectivity index (χ3n) is 3.67. The topological polar surface area (TPSA) is 44.4 Å². The van der Waals surface area contributed by atoms with Crippen molar-refractivity contribution in [2.45, 2.75) is 13.3 Å². The number of nitrogens with one attached hydrogen (secondary N) is 2. The molecule has 0 bridgehead atoms. The molecule has 6 heteroatoms. The van der Waals surface area contributed by atoms with Crippen LogP contribution < -0.4 is 10.6 Å². The molecular formula is C15H23BrClN3O. The third kappa shape index (κ3) is 5.58. The van der Waals surface area contributed by atoms with Crippen molar-refractivity contribution in [3.63, 3.8) is 0 Å². The number of carbonyl (C=O) groups excluding carboxylic acids is 1. The van der Waals surface area contributed by atoms with E-state index in [4.69, 9.17) is 0 Å². The Morgan fingerprint density at radius 3 is 2.90 bits per heavy atom. The van der Waals surface area contributed by atoms with Gasteiger partial charge in [-0.3, -0.25) is 9.69 Å². The number of anilines is 1. The maximum absolute atomic E-state index is 12.0. The van der Waals surface area contributed by atoms with Gasteiger partial charge in [0.25, 0.3) is 0 Å². The summed E-state index contributed by atoms with van der Waals surface area (Å²) in [6, 6.07) is 5.86. The Hall–Kier alpha value is -0.620. The van der Waals surface area contributed by atoms with Crippen LogP contribution in [0.4, 0.5) is 5.69 Å². The number of amides is 1. The molecule has 1 heterocycles. The first-order valence-electron chi connectivity index (χ1n) is 7.01. The van der Waals surface area contributed by atoms with Gasteiger partial charge >= 0.3 is 0 Å². The molecule has 1 aromatic rings. The Morgan fingerprint density at radius 1 is 1.48 bits per heavy atom. The van der Waals surface area contributed by atoms with Crippen LogP contribution in [0.3, 0.4) is 0 Å². The van der Waals surface area contributed by atoms with Crippen molar-refractivity contribution in [3.8, 4) is 0 Å². The first kappa shape index (κ1) is 18.4. The van der Waals surface area contributed by atoms with Crippen molar-refractivity contribution in [2.75, 3.05) is 38.5 Å². The van der Waals surface area contributed by atoms with E-state index in [1.807, 2.05) is 32.2 Å². The van der Waals surface area contributed by atoms with Gasteiger partial charge in [0.1, 0.15) is 0 Å². The lowest BCUT2D eigenvalue weighted by atomic mass is 10.1. The molecule has 1 aromatic carbocycles. The van der Waals surface area contributed by atoms with Crippen molar-refractivity contribution in [2.24, 2.45) is 5.92 Å². The summed E-state index contributed by atoms with van der Waals surface area (Å²) >= 11 is 3.46. The molecule has 1 fully saturated rings. The van der Waals surface area contributed by atoms with Gasteiger partial charge in [-0.15, -0.1) is 12.4 Å². The zero-order valence-corrected chi connectivity index (χ0v) is 14.9. The number of nitrogens with zero attached hydrogens (tertiary/aromatic N) is 1. The van der Waals surface area contributed by atoms with Crippen molar-refractivity contribution >= 4 is 39.9 Å². The predicted molar refractivity (Wildman–Crippen MR) is 93.2 cm³/mol. The molecule has 1 unspecified atom stereocenters. The fourth-order valence-corrected chi connectivity index (χ4v) is 2.88. The molecule has 0 spiro atoms. The molecule has 1 atom stereocenters. The Morgan fingerprint density at radius 2 is 2.24 bits per heavy atom. The monoisotopic (exact) mass is 375 g/mol. The summed E-state index contributed by atoms with van der Waals surface area (Å²) in [5.41, 5.74) is 1.99. The molecule has 1 amide bonds. The number of aryl methyl sites for hydroxylation is 1. The van der Waals surface area contributed by atoms with Gasteiger partial charge in [0.2, 0.25) is 5.91 Å². The van der Waals surface area contributed by atoms with Gasteiger partial charge in [-0.05, 0) is 63.2 Å². The molecule has 2 N–H and O–H groups in total. The van der Waals surface area contributed by atoms with Crippen molar-refractivity contribution in [1.29, 1.82) is 0 Å². The number of carbonyl (C=O) groups is 1. The molecular weight excluding hydrogens is 354 g/mol. The minimum absolute atomic E-state index is 0. The SMILES string of the molecule is CNCC1CCN(CC(=O)Nc2ccc(Br)c(C)c2)C1.Cl. The largest absolute Gasteiger partial charge is 0.325 e. The minimum Gasteiger partial charge on any atom is -0.325 e. The average molecular weight is 377 g/mol. The van der Waals surface area contributed by atoms with Crippen LogP contribution in [0.15, 0.2) is 22.7 Å². The number of hydrogen-bond donors (Lipinski definition) is 2. The van der Waals surface area contributed by atoms with E-state index in [1.165, 1.54) is 6.42 Å². The van der Waals surface area contributed by atoms with Crippen LogP contribution in [-0.4, -0.2) is 44.0 Å². The lowest BCUT2D eigenvalue weighted by molar-refractivity contribution is -0.117. The first-order chi connectivity index (χ1) is 9.58. The van der Waals surface area contributed by atoms with E-state index in [0.29, 0.717) is 12.5 Å². The maximum Gasteiger partial charge on any atom is 0.238 e. The lowest BCUT2D eigenvalue weighted by Gasteiger charge is -2.16. The Kier molecular flexibility index (Phi) is 7.66. The molecule has 0 saturated carbocycles. The summed E-state index contributed by atoms with van der Waals surface area (Å²) in [5.74, 6) is 0.736. The molecule has 0 radical (unpaired) electrons. The van der Waals surface area contributed by atoms with E-state index >= 15 is 0 Å². The summed E-state index contributed by atoms with van der Waals surface area (Å²) in [6.45, 7) is 5.55. The van der Waals surface area contributed by atoms with E-state index in [9.17, 15) is 4.79 Å². The maximum atomic E-state index is 12.0. The van der Waals surface area contributed by atoms with Gasteiger partial charge in [0, 0.05) is 16.7 Å². The number of likely N-dealkylation sites (tertiary alicyclic amines) is 1. The first-order valence-corrected chi connectivity index (χ1v) is 7.80. The van der Waals surface area contributed by atoms with Gasteiger partial charge < -0.3 is 10.6 Å². The van der Waals surface area contributed by atoms with E-state index in [-0.39, 0.29) is 18.3 Å². The standard InChI is InChI=1S/C15H22BrN3O.ClH/c1-11-7-13(3-4-14(11)16)18-15(20)10-19-6-5-12(9-19)8-17-2;/h3-4,7,12,17H,5-6,8-10H2,1-2H3,(H,18,20);1H. The van der Waals surface area contributed by atoms with E-state index in [1.54, 1.807) is 0 Å². The second-order valence-electron chi connectivity index (χ2n) is 5.46. The summed E-state index contributed by atoms with van der Waals surface area (Å²) < 4.78 is 1.06. The second kappa shape index (κ2) is 8.73. The van der Waals surface area contributed by atoms with E-state index in [2.05, 4.69) is 31.5 Å². The van der Waals surface area contributed by atoms with Crippen molar-refractivity contribution in [1.82, 2.24) is 10.2 Å². The molecule has 2 rings (SSSR count). The second-order valence-corrected chi connectivity index (χ2v) is 6.31. The fraction of sp³-hybridized carbons (Fsp3) is 0.533. The van der Waals surface area contributed by atoms with Gasteiger partial charge in [-0.1, -0.05) is 15.9 Å². The molecule has 0 aliphatic carbocycles. The normalized spacial score (nSPS) is 18.3. The highest BCUT2D eigenvalue weighted by molar-refractivity contribution is 9.10. The molecule has 0 aromatic heterocycles. The molecule has 1 aliphatic rings. The van der Waals surface area contributed by atoms with Crippen LogP contribution in [0.5, 0.6) is 0 Å². The summed E-state index contributed by atoms with van der Waals surface area (Å²) in [4.78, 5) is 14.3. The van der Waals surface area contributed by atoms with Gasteiger partial charge in [-0.25, -0.2) is 0 Å². The van der Waals surface area contributed by atoms with Crippen molar-refractivity contribution in [3.05, 3.63) is 28.2 Å². The van der Waals surface area contributed by atoms with Crippen LogP contribution in [0.1, 0.15) is 12.0 Å². The highest BCUT2D eigenvalue weighted by Gasteiger charge is 2.23. The number of benzene rings is 1. The van der Waals surface area contributed by atoms with Crippen LogP contribution in [0.25, 0.3) is 0 Å². The van der Waals surface area contributed by atoms with Crippen LogP contribution >= 0.6 is 28.3 Å². The predicted octanol–water partition coefficient (Wildman–Crippen LogP) is 2.66. The Labute approximate surface area is 141 Å². The van der Waals surface area contributed by atoms with Crippen LogP contribution in [0, 0.1) is 12.8 Å². The summed E-state index contributed by atoms with van der Waals surface area (Å²) in [7, 11) is 1.98. The number of rotatable bonds is 5. The minimum atomic E-state index is 0. The quantitative estimate of drug-likeness (QED) is 0.830. The molecule has 21 heavy (non-hydrogen) atoms. The van der Waals surface area contributed by atoms with Gasteiger partial charge in [0.05, 0.1) is 6.54 Å². The third-order valence-corrected chi connectivity index (χ3v) is 4.56. The average Bonchev–Trinajstić information content (AvgIpc) is 2.81. The van der Waals surface area contributed by atoms with Gasteiger partial charge in [0.15, 0.2) is 0 Å². The smallest absolute Gasteiger partial charge is 0.238 e. The summed E-state index contributed by atoms with van der Waals surface area (Å²) in [5, 5.41) is 6.17. The Bertz CT molecular complexity index is 484. The zero-order chi connectivity index (χ0) is 14.5. The van der Waals surface area contributed by atoms with Crippen molar-refractivity contribution < 1.29 is 4.79 Å². The van der Waals surface area contributed by atoms with E-state index in [0.717, 1.165) is 35.4 Å². The number of halogens is 2. The zero-order valence-electron chi connectivity index (χ0n) is 12.5. The molecule has 1 aliphatic heterocycles. The molecule has 1 saturated heterocycles. The molecule has 4 nitrogen and oxygen atoms in total. The van der Waals surface area contributed by atoms with E-state index < -0.39 is 0 Å². The highest BCUT2D eigenvalue weighted by Crippen LogP contribution is 2.20.